The molecule has 0 radical (unpaired) electrons. The smallest absolute Gasteiger partial charge is 0.244 e. The Morgan fingerprint density at radius 3 is 2.88 bits per heavy atom. The molecule has 17 heavy (non-hydrogen) atoms. The summed E-state index contributed by atoms with van der Waals surface area (Å²) in [5.74, 6) is 1.32. The largest absolute Gasteiger partial charge is 0.337 e. The Labute approximate surface area is 99.8 Å². The maximum atomic E-state index is 6.04. The normalized spacial score (nSPS) is 14.8. The molecule has 0 saturated carbocycles. The summed E-state index contributed by atoms with van der Waals surface area (Å²) in [6.07, 6.45) is 4.37. The molecule has 6 heteroatoms. The lowest BCUT2D eigenvalue weighted by Crippen LogP contribution is -2.18. The molecule has 92 valence electrons. The van der Waals surface area contributed by atoms with E-state index in [-0.39, 0.29) is 6.04 Å². The van der Waals surface area contributed by atoms with Crippen molar-refractivity contribution in [2.24, 2.45) is 18.7 Å². The van der Waals surface area contributed by atoms with Gasteiger partial charge >= 0.3 is 0 Å². The lowest BCUT2D eigenvalue weighted by atomic mass is 10.0. The van der Waals surface area contributed by atoms with Crippen LogP contribution in [0.3, 0.4) is 0 Å². The molecule has 2 heterocycles. The fraction of sp³-hybridized carbons (Fsp3) is 0.545. The van der Waals surface area contributed by atoms with E-state index >= 15 is 0 Å². The van der Waals surface area contributed by atoms with Gasteiger partial charge in [0.2, 0.25) is 11.7 Å². The van der Waals surface area contributed by atoms with Gasteiger partial charge in [0.25, 0.3) is 0 Å². The SMILES string of the molecule is CC[C@H](C)[C@H](N)c1nc(-c2cncn2C)no1. The van der Waals surface area contributed by atoms with E-state index in [1.807, 2.05) is 11.6 Å². The average Bonchev–Trinajstić information content (AvgIpc) is 2.95. The molecule has 6 nitrogen and oxygen atoms in total. The van der Waals surface area contributed by atoms with Crippen molar-refractivity contribution < 1.29 is 4.52 Å². The summed E-state index contributed by atoms with van der Waals surface area (Å²) < 4.78 is 7.04. The van der Waals surface area contributed by atoms with E-state index in [4.69, 9.17) is 10.3 Å². The molecule has 2 aromatic rings. The first-order valence-electron chi connectivity index (χ1n) is 5.69. The molecule has 2 rings (SSSR count). The van der Waals surface area contributed by atoms with Crippen LogP contribution in [0.5, 0.6) is 0 Å². The molecule has 0 aliphatic rings. The summed E-state index contributed by atoms with van der Waals surface area (Å²) >= 11 is 0. The van der Waals surface area contributed by atoms with Crippen molar-refractivity contribution in [2.45, 2.75) is 26.3 Å². The molecule has 2 atom stereocenters. The van der Waals surface area contributed by atoms with Gasteiger partial charge in [-0.05, 0) is 5.92 Å². The second-order valence-corrected chi connectivity index (χ2v) is 4.26. The Kier molecular flexibility index (Phi) is 3.23. The molecule has 0 fully saturated rings. The molecular formula is C11H17N5O. The van der Waals surface area contributed by atoms with Crippen molar-refractivity contribution in [3.8, 4) is 11.5 Å². The lowest BCUT2D eigenvalue weighted by Gasteiger charge is -2.12. The van der Waals surface area contributed by atoms with Gasteiger partial charge < -0.3 is 14.8 Å². The van der Waals surface area contributed by atoms with Gasteiger partial charge in [-0.25, -0.2) is 4.98 Å². The zero-order valence-corrected chi connectivity index (χ0v) is 10.3. The number of rotatable bonds is 4. The second-order valence-electron chi connectivity index (χ2n) is 4.26. The minimum absolute atomic E-state index is 0.213. The quantitative estimate of drug-likeness (QED) is 0.868. The van der Waals surface area contributed by atoms with Gasteiger partial charge in [-0.1, -0.05) is 25.4 Å². The van der Waals surface area contributed by atoms with Gasteiger partial charge in [0.05, 0.1) is 18.6 Å². The first-order chi connectivity index (χ1) is 8.13. The minimum atomic E-state index is -0.213. The van der Waals surface area contributed by atoms with Crippen molar-refractivity contribution in [2.75, 3.05) is 0 Å². The number of imidazole rings is 1. The third-order valence-electron chi connectivity index (χ3n) is 3.03. The molecule has 2 aromatic heterocycles. The summed E-state index contributed by atoms with van der Waals surface area (Å²) in [6, 6.07) is -0.213. The van der Waals surface area contributed by atoms with E-state index in [1.165, 1.54) is 0 Å². The lowest BCUT2D eigenvalue weighted by molar-refractivity contribution is 0.312. The summed E-state index contributed by atoms with van der Waals surface area (Å²) in [5, 5.41) is 3.93. The maximum absolute atomic E-state index is 6.04. The molecule has 0 amide bonds. The van der Waals surface area contributed by atoms with Crippen LogP contribution in [0, 0.1) is 5.92 Å². The molecule has 0 aromatic carbocycles. The van der Waals surface area contributed by atoms with Gasteiger partial charge in [0.15, 0.2) is 0 Å². The Morgan fingerprint density at radius 1 is 1.53 bits per heavy atom. The van der Waals surface area contributed by atoms with Crippen LogP contribution >= 0.6 is 0 Å². The number of aryl methyl sites for hydroxylation is 1. The topological polar surface area (TPSA) is 82.8 Å². The van der Waals surface area contributed by atoms with Crippen LogP contribution < -0.4 is 5.73 Å². The van der Waals surface area contributed by atoms with E-state index < -0.39 is 0 Å². The van der Waals surface area contributed by atoms with Gasteiger partial charge in [0, 0.05) is 7.05 Å². The monoisotopic (exact) mass is 235 g/mol. The van der Waals surface area contributed by atoms with E-state index in [0.29, 0.717) is 17.6 Å². The highest BCUT2D eigenvalue weighted by molar-refractivity contribution is 5.47. The number of nitrogens with two attached hydrogens (primary N) is 1. The number of hydrogen-bond donors (Lipinski definition) is 1. The van der Waals surface area contributed by atoms with Crippen LogP contribution in [0.15, 0.2) is 17.0 Å². The Hall–Kier alpha value is -1.69. The molecule has 0 aliphatic heterocycles. The molecule has 0 unspecified atom stereocenters. The van der Waals surface area contributed by atoms with Crippen LogP contribution in [-0.4, -0.2) is 19.7 Å². The van der Waals surface area contributed by atoms with E-state index in [1.54, 1.807) is 12.5 Å². The molecule has 0 aliphatic carbocycles. The third-order valence-corrected chi connectivity index (χ3v) is 3.03. The van der Waals surface area contributed by atoms with Crippen molar-refractivity contribution >= 4 is 0 Å². The van der Waals surface area contributed by atoms with Crippen LogP contribution in [-0.2, 0) is 7.05 Å². The fourth-order valence-corrected chi connectivity index (χ4v) is 1.54. The Morgan fingerprint density at radius 2 is 2.29 bits per heavy atom. The summed E-state index contributed by atoms with van der Waals surface area (Å²) in [6.45, 7) is 4.15. The summed E-state index contributed by atoms with van der Waals surface area (Å²) in [5.41, 5.74) is 6.85. The van der Waals surface area contributed by atoms with Gasteiger partial charge in [-0.3, -0.25) is 0 Å². The van der Waals surface area contributed by atoms with Crippen LogP contribution in [0.25, 0.3) is 11.5 Å². The zero-order valence-electron chi connectivity index (χ0n) is 10.3. The Bertz CT molecular complexity index is 490. The molecule has 0 bridgehead atoms. The molecule has 0 spiro atoms. The third kappa shape index (κ3) is 2.21. The van der Waals surface area contributed by atoms with Crippen molar-refractivity contribution in [3.05, 3.63) is 18.4 Å². The predicted molar refractivity (Wildman–Crippen MR) is 62.9 cm³/mol. The Balaban J connectivity index is 2.25. The van der Waals surface area contributed by atoms with Gasteiger partial charge in [-0.2, -0.15) is 4.98 Å². The molecule has 0 saturated heterocycles. The fourth-order valence-electron chi connectivity index (χ4n) is 1.54. The van der Waals surface area contributed by atoms with Crippen LogP contribution in [0.2, 0.25) is 0 Å². The maximum Gasteiger partial charge on any atom is 0.244 e. The first kappa shape index (κ1) is 11.8. The van der Waals surface area contributed by atoms with Gasteiger partial charge in [-0.15, -0.1) is 0 Å². The van der Waals surface area contributed by atoms with Crippen molar-refractivity contribution in [1.29, 1.82) is 0 Å². The van der Waals surface area contributed by atoms with Crippen molar-refractivity contribution in [1.82, 2.24) is 19.7 Å². The zero-order chi connectivity index (χ0) is 12.4. The highest BCUT2D eigenvalue weighted by atomic mass is 16.5. The number of nitrogens with zero attached hydrogens (tertiary/aromatic N) is 4. The van der Waals surface area contributed by atoms with Crippen molar-refractivity contribution in [3.63, 3.8) is 0 Å². The second kappa shape index (κ2) is 4.67. The summed E-state index contributed by atoms with van der Waals surface area (Å²) in [7, 11) is 1.88. The van der Waals surface area contributed by atoms with E-state index in [9.17, 15) is 0 Å². The minimum Gasteiger partial charge on any atom is -0.337 e. The van der Waals surface area contributed by atoms with Gasteiger partial charge in [0.1, 0.15) is 5.69 Å². The van der Waals surface area contributed by atoms with E-state index in [0.717, 1.165) is 12.1 Å². The first-order valence-corrected chi connectivity index (χ1v) is 5.69. The standard InChI is InChI=1S/C11H17N5O/c1-4-7(2)9(12)11-14-10(15-17-11)8-5-13-6-16(8)3/h5-7,9H,4,12H2,1-3H3/t7-,9-/m0/s1. The summed E-state index contributed by atoms with van der Waals surface area (Å²) in [4.78, 5) is 8.33. The molecule has 2 N–H and O–H groups in total. The van der Waals surface area contributed by atoms with Crippen LogP contribution in [0.1, 0.15) is 32.2 Å². The number of hydrogen-bond acceptors (Lipinski definition) is 5. The highest BCUT2D eigenvalue weighted by Crippen LogP contribution is 2.22. The van der Waals surface area contributed by atoms with E-state index in [2.05, 4.69) is 29.0 Å². The average molecular weight is 235 g/mol. The number of aromatic nitrogens is 4. The predicted octanol–water partition coefficient (Wildman–Crippen LogP) is 1.52. The molecular weight excluding hydrogens is 218 g/mol. The van der Waals surface area contributed by atoms with Crippen LogP contribution in [0.4, 0.5) is 0 Å². The highest BCUT2D eigenvalue weighted by Gasteiger charge is 2.21.